The van der Waals surface area contributed by atoms with Crippen LogP contribution in [0.4, 0.5) is 11.4 Å². The molecule has 1 aliphatic rings. The molecule has 0 saturated carbocycles. The number of aryl methyl sites for hydroxylation is 1. The van der Waals surface area contributed by atoms with Gasteiger partial charge in [0.1, 0.15) is 5.03 Å². The Morgan fingerprint density at radius 1 is 0.968 bits per heavy atom. The van der Waals surface area contributed by atoms with Crippen LogP contribution in [0.1, 0.15) is 30.4 Å². The van der Waals surface area contributed by atoms with E-state index in [1.54, 1.807) is 0 Å². The number of aromatic nitrogens is 2. The Balaban J connectivity index is 1.32. The zero-order chi connectivity index (χ0) is 21.6. The van der Waals surface area contributed by atoms with Gasteiger partial charge in [-0.05, 0) is 74.6 Å². The predicted molar refractivity (Wildman–Crippen MR) is 129 cm³/mol. The Bertz CT molecular complexity index is 1030. The molecule has 0 spiro atoms. The van der Waals surface area contributed by atoms with Gasteiger partial charge in [0.25, 0.3) is 0 Å². The molecule has 2 heterocycles. The zero-order valence-corrected chi connectivity index (χ0v) is 18.9. The minimum absolute atomic E-state index is 0.0436. The van der Waals surface area contributed by atoms with E-state index in [1.807, 2.05) is 44.2 Å². The Morgan fingerprint density at radius 2 is 1.74 bits per heavy atom. The molecule has 31 heavy (non-hydrogen) atoms. The second-order valence-electron chi connectivity index (χ2n) is 7.94. The molecule has 1 amide bonds. The monoisotopic (exact) mass is 432 g/mol. The lowest BCUT2D eigenvalue weighted by Crippen LogP contribution is -2.29. The van der Waals surface area contributed by atoms with E-state index in [2.05, 4.69) is 44.7 Å². The van der Waals surface area contributed by atoms with Crippen molar-refractivity contribution < 1.29 is 4.79 Å². The van der Waals surface area contributed by atoms with E-state index in [0.717, 1.165) is 46.2 Å². The third kappa shape index (κ3) is 5.44. The summed E-state index contributed by atoms with van der Waals surface area (Å²) < 4.78 is 0. The second-order valence-corrected chi connectivity index (χ2v) is 8.93. The lowest BCUT2D eigenvalue weighted by Gasteiger charge is -2.28. The van der Waals surface area contributed by atoms with Gasteiger partial charge in [-0.2, -0.15) is 0 Å². The first-order valence-electron chi connectivity index (χ1n) is 10.8. The molecular formula is C25H28N4OS. The van der Waals surface area contributed by atoms with Crippen molar-refractivity contribution in [1.82, 2.24) is 10.2 Å². The van der Waals surface area contributed by atoms with Crippen LogP contribution in [0.2, 0.25) is 0 Å². The van der Waals surface area contributed by atoms with Gasteiger partial charge in [0.2, 0.25) is 5.91 Å². The largest absolute Gasteiger partial charge is 0.372 e. The molecule has 3 aromatic rings. The number of benzene rings is 2. The van der Waals surface area contributed by atoms with E-state index in [1.165, 1.54) is 36.7 Å². The molecule has 1 aromatic heterocycles. The standard InChI is InChI=1S/C25H28N4OS/c1-18-7-6-8-22(19(18)2)26-24(30)17-31-25-14-13-23(27-28-25)20-9-11-21(12-10-20)29-15-4-3-5-16-29/h6-14H,3-5,15-17H2,1-2H3,(H,26,30). The van der Waals surface area contributed by atoms with Gasteiger partial charge in [0.15, 0.2) is 0 Å². The number of hydrogen-bond acceptors (Lipinski definition) is 5. The summed E-state index contributed by atoms with van der Waals surface area (Å²) in [4.78, 5) is 14.8. The summed E-state index contributed by atoms with van der Waals surface area (Å²) in [7, 11) is 0. The predicted octanol–water partition coefficient (Wildman–Crippen LogP) is 5.48. The minimum atomic E-state index is -0.0436. The van der Waals surface area contributed by atoms with Crippen LogP contribution in [0.3, 0.4) is 0 Å². The van der Waals surface area contributed by atoms with Crippen molar-refractivity contribution in [2.45, 2.75) is 38.1 Å². The molecule has 2 aromatic carbocycles. The summed E-state index contributed by atoms with van der Waals surface area (Å²) in [5.74, 6) is 0.254. The smallest absolute Gasteiger partial charge is 0.234 e. The first-order valence-corrected chi connectivity index (χ1v) is 11.8. The van der Waals surface area contributed by atoms with Crippen LogP contribution in [0.5, 0.6) is 0 Å². The topological polar surface area (TPSA) is 58.1 Å². The molecule has 5 nitrogen and oxygen atoms in total. The number of rotatable bonds is 6. The molecule has 0 aliphatic carbocycles. The number of amides is 1. The molecule has 1 aliphatic heterocycles. The van der Waals surface area contributed by atoms with Gasteiger partial charge in [-0.25, -0.2) is 0 Å². The Labute approximate surface area is 188 Å². The molecule has 160 valence electrons. The molecule has 0 unspecified atom stereocenters. The lowest BCUT2D eigenvalue weighted by atomic mass is 10.1. The highest BCUT2D eigenvalue weighted by Crippen LogP contribution is 2.25. The lowest BCUT2D eigenvalue weighted by molar-refractivity contribution is -0.113. The highest BCUT2D eigenvalue weighted by molar-refractivity contribution is 7.99. The summed E-state index contributed by atoms with van der Waals surface area (Å²) >= 11 is 1.39. The summed E-state index contributed by atoms with van der Waals surface area (Å²) in [6.45, 7) is 6.34. The van der Waals surface area contributed by atoms with Crippen LogP contribution in [-0.4, -0.2) is 34.9 Å². The molecule has 4 rings (SSSR count). The fraction of sp³-hybridized carbons (Fsp3) is 0.320. The van der Waals surface area contributed by atoms with Crippen LogP contribution >= 0.6 is 11.8 Å². The van der Waals surface area contributed by atoms with E-state index in [-0.39, 0.29) is 5.91 Å². The fourth-order valence-corrected chi connectivity index (χ4v) is 4.37. The summed E-state index contributed by atoms with van der Waals surface area (Å²) in [6.07, 6.45) is 3.88. The number of carbonyl (C=O) groups is 1. The third-order valence-electron chi connectivity index (χ3n) is 5.75. The van der Waals surface area contributed by atoms with Crippen LogP contribution in [0.15, 0.2) is 59.6 Å². The number of nitrogens with zero attached hydrogens (tertiary/aromatic N) is 3. The maximum atomic E-state index is 12.3. The Morgan fingerprint density at radius 3 is 2.45 bits per heavy atom. The molecule has 1 N–H and O–H groups in total. The number of anilines is 2. The molecule has 1 fully saturated rings. The van der Waals surface area contributed by atoms with Gasteiger partial charge < -0.3 is 10.2 Å². The quantitative estimate of drug-likeness (QED) is 0.523. The first-order chi connectivity index (χ1) is 15.1. The maximum Gasteiger partial charge on any atom is 0.234 e. The summed E-state index contributed by atoms with van der Waals surface area (Å²) in [5, 5.41) is 12.4. The fourth-order valence-electron chi connectivity index (χ4n) is 3.76. The van der Waals surface area contributed by atoms with E-state index in [9.17, 15) is 4.79 Å². The molecule has 0 bridgehead atoms. The SMILES string of the molecule is Cc1cccc(NC(=O)CSc2ccc(-c3ccc(N4CCCCC4)cc3)nn2)c1C. The maximum absolute atomic E-state index is 12.3. The molecule has 0 atom stereocenters. The number of hydrogen-bond donors (Lipinski definition) is 1. The van der Waals surface area contributed by atoms with Crippen molar-refractivity contribution in [3.63, 3.8) is 0 Å². The van der Waals surface area contributed by atoms with Crippen molar-refractivity contribution in [2.75, 3.05) is 29.1 Å². The number of nitrogens with one attached hydrogen (secondary N) is 1. The highest BCUT2D eigenvalue weighted by Gasteiger charge is 2.12. The summed E-state index contributed by atoms with van der Waals surface area (Å²) in [6, 6.07) is 18.4. The van der Waals surface area contributed by atoms with E-state index < -0.39 is 0 Å². The van der Waals surface area contributed by atoms with Gasteiger partial charge in [0.05, 0.1) is 11.4 Å². The van der Waals surface area contributed by atoms with Crippen molar-refractivity contribution in [1.29, 1.82) is 0 Å². The molecule has 6 heteroatoms. The van der Waals surface area contributed by atoms with Crippen molar-refractivity contribution in [3.8, 4) is 11.3 Å². The van der Waals surface area contributed by atoms with Gasteiger partial charge in [-0.3, -0.25) is 4.79 Å². The Hall–Kier alpha value is -2.86. The average Bonchev–Trinajstić information content (AvgIpc) is 2.82. The summed E-state index contributed by atoms with van der Waals surface area (Å²) in [5.41, 5.74) is 6.29. The first kappa shape index (κ1) is 21.4. The van der Waals surface area contributed by atoms with Crippen molar-refractivity contribution >= 4 is 29.0 Å². The van der Waals surface area contributed by atoms with Crippen molar-refractivity contribution in [2.24, 2.45) is 0 Å². The van der Waals surface area contributed by atoms with Crippen LogP contribution in [0, 0.1) is 13.8 Å². The third-order valence-corrected chi connectivity index (χ3v) is 6.67. The zero-order valence-electron chi connectivity index (χ0n) is 18.1. The van der Waals surface area contributed by atoms with Crippen LogP contribution in [0.25, 0.3) is 11.3 Å². The number of thioether (sulfide) groups is 1. The van der Waals surface area contributed by atoms with E-state index >= 15 is 0 Å². The van der Waals surface area contributed by atoms with Gasteiger partial charge in [0, 0.05) is 30.0 Å². The number of piperidine rings is 1. The van der Waals surface area contributed by atoms with Gasteiger partial charge in [-0.1, -0.05) is 36.0 Å². The Kier molecular flexibility index (Phi) is 6.87. The highest BCUT2D eigenvalue weighted by atomic mass is 32.2. The van der Waals surface area contributed by atoms with E-state index in [0.29, 0.717) is 5.75 Å². The average molecular weight is 433 g/mol. The van der Waals surface area contributed by atoms with Crippen molar-refractivity contribution in [3.05, 3.63) is 65.7 Å². The molecular weight excluding hydrogens is 404 g/mol. The van der Waals surface area contributed by atoms with E-state index in [4.69, 9.17) is 0 Å². The minimum Gasteiger partial charge on any atom is -0.372 e. The normalized spacial score (nSPS) is 13.8. The van der Waals surface area contributed by atoms with Crippen LogP contribution < -0.4 is 10.2 Å². The molecule has 1 saturated heterocycles. The van der Waals surface area contributed by atoms with Gasteiger partial charge in [-0.15, -0.1) is 10.2 Å². The number of carbonyl (C=O) groups excluding carboxylic acids is 1. The van der Waals surface area contributed by atoms with Crippen LogP contribution in [-0.2, 0) is 4.79 Å². The second kappa shape index (κ2) is 9.96. The molecule has 0 radical (unpaired) electrons. The van der Waals surface area contributed by atoms with Gasteiger partial charge >= 0.3 is 0 Å².